The second-order valence-corrected chi connectivity index (χ2v) is 8.58. The highest BCUT2D eigenvalue weighted by Crippen LogP contribution is 2.47. The van der Waals surface area contributed by atoms with Gasteiger partial charge in [-0.2, -0.15) is 0 Å². The summed E-state index contributed by atoms with van der Waals surface area (Å²) in [5.74, 6) is 2.79. The lowest BCUT2D eigenvalue weighted by molar-refractivity contribution is 0.111. The Bertz CT molecular complexity index is 488. The molecule has 1 nitrogen and oxygen atoms in total. The monoisotopic (exact) mass is 413 g/mol. The van der Waals surface area contributed by atoms with Gasteiger partial charge in [0.15, 0.2) is 0 Å². The highest BCUT2D eigenvalue weighted by atomic mass is 79.9. The maximum atomic E-state index is 3.75. The molecule has 0 bridgehead atoms. The number of rotatable bonds is 3. The Kier molecular flexibility index (Phi) is 5.45. The van der Waals surface area contributed by atoms with Crippen molar-refractivity contribution in [2.45, 2.75) is 51.0 Å². The lowest BCUT2D eigenvalue weighted by Crippen LogP contribution is -2.34. The van der Waals surface area contributed by atoms with E-state index in [-0.39, 0.29) is 0 Å². The molecule has 2 aliphatic rings. The summed E-state index contributed by atoms with van der Waals surface area (Å²) in [6.07, 6.45) is 10.1. The maximum absolute atomic E-state index is 3.75. The summed E-state index contributed by atoms with van der Waals surface area (Å²) in [4.78, 5) is 0. The number of hydrogen-bond donors (Lipinski definition) is 1. The van der Waals surface area contributed by atoms with Gasteiger partial charge < -0.3 is 5.32 Å². The molecule has 0 amide bonds. The Hall–Kier alpha value is 0.140. The van der Waals surface area contributed by atoms with Gasteiger partial charge in [0.25, 0.3) is 0 Å². The molecule has 0 radical (unpaired) electrons. The van der Waals surface area contributed by atoms with Crippen molar-refractivity contribution in [1.29, 1.82) is 0 Å². The van der Waals surface area contributed by atoms with Crippen LogP contribution in [0.4, 0.5) is 0 Å². The topological polar surface area (TPSA) is 12.0 Å². The number of hydrogen-bond acceptors (Lipinski definition) is 1. The molecule has 2 fully saturated rings. The van der Waals surface area contributed by atoms with Crippen LogP contribution >= 0.6 is 31.9 Å². The van der Waals surface area contributed by atoms with Crippen LogP contribution in [0.1, 0.15) is 56.6 Å². The van der Waals surface area contributed by atoms with Crippen molar-refractivity contribution in [2.24, 2.45) is 17.8 Å². The van der Waals surface area contributed by atoms with Gasteiger partial charge in [0.1, 0.15) is 0 Å². The van der Waals surface area contributed by atoms with Crippen molar-refractivity contribution >= 4 is 31.9 Å². The zero-order valence-electron chi connectivity index (χ0n) is 12.7. The molecule has 3 rings (SSSR count). The summed E-state index contributed by atoms with van der Waals surface area (Å²) < 4.78 is 2.41. The second-order valence-electron chi connectivity index (χ2n) is 6.81. The van der Waals surface area contributed by atoms with Gasteiger partial charge in [-0.15, -0.1) is 0 Å². The van der Waals surface area contributed by atoms with E-state index in [0.717, 1.165) is 17.8 Å². The number of fused-ring (bicyclic) bond motifs is 1. The molecular formula is C18H25Br2N. The number of nitrogens with one attached hydrogen (secondary N) is 1. The van der Waals surface area contributed by atoms with Gasteiger partial charge in [0.05, 0.1) is 0 Å². The first kappa shape index (κ1) is 16.0. The Morgan fingerprint density at radius 1 is 1.05 bits per heavy atom. The molecule has 21 heavy (non-hydrogen) atoms. The third kappa shape index (κ3) is 3.56. The predicted octanol–water partition coefficient (Wildman–Crippen LogP) is 6.08. The van der Waals surface area contributed by atoms with Crippen molar-refractivity contribution < 1.29 is 0 Å². The fourth-order valence-electron chi connectivity index (χ4n) is 4.61. The SMILES string of the molecule is CNC(c1cc(Br)ccc1Br)C1CCC2CCCCC2C1. The first-order chi connectivity index (χ1) is 10.2. The second kappa shape index (κ2) is 7.14. The van der Waals surface area contributed by atoms with E-state index in [1.165, 1.54) is 59.5 Å². The van der Waals surface area contributed by atoms with Gasteiger partial charge >= 0.3 is 0 Å². The van der Waals surface area contributed by atoms with Crippen LogP contribution in [0.2, 0.25) is 0 Å². The van der Waals surface area contributed by atoms with E-state index < -0.39 is 0 Å². The number of halogens is 2. The molecule has 4 unspecified atom stereocenters. The average Bonchev–Trinajstić information content (AvgIpc) is 2.51. The summed E-state index contributed by atoms with van der Waals surface area (Å²) in [5, 5.41) is 3.60. The first-order valence-corrected chi connectivity index (χ1v) is 9.90. The highest BCUT2D eigenvalue weighted by Gasteiger charge is 2.35. The van der Waals surface area contributed by atoms with Crippen LogP contribution in [0, 0.1) is 17.8 Å². The molecule has 0 spiro atoms. The van der Waals surface area contributed by atoms with Crippen molar-refractivity contribution in [3.05, 3.63) is 32.7 Å². The van der Waals surface area contributed by atoms with Crippen molar-refractivity contribution in [3.63, 3.8) is 0 Å². The fraction of sp³-hybridized carbons (Fsp3) is 0.667. The Balaban J connectivity index is 1.78. The molecule has 0 aliphatic heterocycles. The molecule has 2 aliphatic carbocycles. The molecule has 1 N–H and O–H groups in total. The molecular weight excluding hydrogens is 390 g/mol. The lowest BCUT2D eigenvalue weighted by Gasteiger charge is -2.42. The lowest BCUT2D eigenvalue weighted by atomic mass is 9.65. The van der Waals surface area contributed by atoms with Gasteiger partial charge in [-0.25, -0.2) is 0 Å². The molecule has 2 saturated carbocycles. The van der Waals surface area contributed by atoms with E-state index in [1.54, 1.807) is 0 Å². The van der Waals surface area contributed by atoms with Gasteiger partial charge in [0.2, 0.25) is 0 Å². The van der Waals surface area contributed by atoms with Crippen LogP contribution in [-0.2, 0) is 0 Å². The predicted molar refractivity (Wildman–Crippen MR) is 96.4 cm³/mol. The van der Waals surface area contributed by atoms with Crippen LogP contribution in [0.3, 0.4) is 0 Å². The van der Waals surface area contributed by atoms with Crippen molar-refractivity contribution in [2.75, 3.05) is 7.05 Å². The van der Waals surface area contributed by atoms with E-state index in [2.05, 4.69) is 62.4 Å². The van der Waals surface area contributed by atoms with Gasteiger partial charge in [0, 0.05) is 15.0 Å². The molecule has 116 valence electrons. The standard InChI is InChI=1S/C18H25Br2N/c1-21-18(16-11-15(19)8-9-17(16)20)14-7-6-12-4-2-3-5-13(12)10-14/h8-9,11-14,18,21H,2-7,10H2,1H3. The molecule has 4 atom stereocenters. The summed E-state index contributed by atoms with van der Waals surface area (Å²) in [7, 11) is 2.12. The minimum atomic E-state index is 0.472. The van der Waals surface area contributed by atoms with Crippen molar-refractivity contribution in [1.82, 2.24) is 5.32 Å². The maximum Gasteiger partial charge on any atom is 0.0357 e. The quantitative estimate of drug-likeness (QED) is 0.631. The number of benzene rings is 1. The van der Waals surface area contributed by atoms with Crippen LogP contribution in [0.15, 0.2) is 27.1 Å². The van der Waals surface area contributed by atoms with Crippen LogP contribution in [0.25, 0.3) is 0 Å². The minimum absolute atomic E-state index is 0.472. The molecule has 0 heterocycles. The van der Waals surface area contributed by atoms with Crippen LogP contribution in [-0.4, -0.2) is 7.05 Å². The van der Waals surface area contributed by atoms with Crippen molar-refractivity contribution in [3.8, 4) is 0 Å². The minimum Gasteiger partial charge on any atom is -0.313 e. The van der Waals surface area contributed by atoms with E-state index in [4.69, 9.17) is 0 Å². The third-order valence-electron chi connectivity index (χ3n) is 5.66. The summed E-state index contributed by atoms with van der Waals surface area (Å²) >= 11 is 7.37. The van der Waals surface area contributed by atoms with Gasteiger partial charge in [-0.05, 0) is 67.8 Å². The van der Waals surface area contributed by atoms with E-state index in [0.29, 0.717) is 6.04 Å². The summed E-state index contributed by atoms with van der Waals surface area (Å²) in [6, 6.07) is 7.02. The Morgan fingerprint density at radius 2 is 1.81 bits per heavy atom. The normalized spacial score (nSPS) is 30.7. The molecule has 1 aromatic carbocycles. The molecule has 3 heteroatoms. The van der Waals surface area contributed by atoms with Gasteiger partial charge in [-0.3, -0.25) is 0 Å². The van der Waals surface area contributed by atoms with Crippen LogP contribution in [0.5, 0.6) is 0 Å². The zero-order valence-corrected chi connectivity index (χ0v) is 15.9. The fourth-order valence-corrected chi connectivity index (χ4v) is 5.48. The average molecular weight is 415 g/mol. The smallest absolute Gasteiger partial charge is 0.0357 e. The molecule has 0 saturated heterocycles. The zero-order chi connectivity index (χ0) is 14.8. The van der Waals surface area contributed by atoms with E-state index in [1.807, 2.05) is 0 Å². The third-order valence-corrected chi connectivity index (χ3v) is 6.87. The molecule has 1 aromatic rings. The van der Waals surface area contributed by atoms with Gasteiger partial charge in [-0.1, -0.05) is 57.5 Å². The molecule has 0 aromatic heterocycles. The largest absolute Gasteiger partial charge is 0.313 e. The first-order valence-electron chi connectivity index (χ1n) is 8.31. The Morgan fingerprint density at radius 3 is 2.57 bits per heavy atom. The van der Waals surface area contributed by atoms with E-state index >= 15 is 0 Å². The van der Waals surface area contributed by atoms with Crippen LogP contribution < -0.4 is 5.32 Å². The summed E-state index contributed by atoms with van der Waals surface area (Å²) in [5.41, 5.74) is 1.41. The highest BCUT2D eigenvalue weighted by molar-refractivity contribution is 9.11. The van der Waals surface area contributed by atoms with E-state index in [9.17, 15) is 0 Å². The Labute approximate surface area is 145 Å². The summed E-state index contributed by atoms with van der Waals surface area (Å²) in [6.45, 7) is 0.